The number of piperidine rings is 1. The fraction of sp³-hybridized carbons (Fsp3) is 0.550. The first kappa shape index (κ1) is 18.4. The van der Waals surface area contributed by atoms with E-state index < -0.39 is 0 Å². The van der Waals surface area contributed by atoms with E-state index in [0.29, 0.717) is 25.4 Å². The average molecular weight is 353 g/mol. The van der Waals surface area contributed by atoms with Gasteiger partial charge in [0.25, 0.3) is 0 Å². The molecule has 0 radical (unpaired) electrons. The third-order valence-corrected chi connectivity index (χ3v) is 5.16. The number of nitrogens with zero attached hydrogens (tertiary/aromatic N) is 5. The SMILES string of the molecule is CCn1c(C2CCN(CCCC#N)CC2)nn(Cc2ccccc2)c1=O. The second-order valence-electron chi connectivity index (χ2n) is 6.91. The minimum atomic E-state index is -0.0113. The highest BCUT2D eigenvalue weighted by Crippen LogP contribution is 2.26. The van der Waals surface area contributed by atoms with Crippen LogP contribution in [-0.2, 0) is 13.1 Å². The van der Waals surface area contributed by atoms with E-state index in [4.69, 9.17) is 10.4 Å². The van der Waals surface area contributed by atoms with Gasteiger partial charge in [0.15, 0.2) is 0 Å². The first-order valence-electron chi connectivity index (χ1n) is 9.53. The maximum Gasteiger partial charge on any atom is 0.346 e. The van der Waals surface area contributed by atoms with E-state index >= 15 is 0 Å². The summed E-state index contributed by atoms with van der Waals surface area (Å²) >= 11 is 0. The second-order valence-corrected chi connectivity index (χ2v) is 6.91. The molecule has 0 N–H and O–H groups in total. The van der Waals surface area contributed by atoms with E-state index in [1.807, 2.05) is 41.8 Å². The van der Waals surface area contributed by atoms with Crippen molar-refractivity contribution in [1.82, 2.24) is 19.2 Å². The van der Waals surface area contributed by atoms with Gasteiger partial charge in [0.1, 0.15) is 5.82 Å². The highest BCUT2D eigenvalue weighted by atomic mass is 16.2. The van der Waals surface area contributed by atoms with E-state index in [2.05, 4.69) is 11.0 Å². The molecular formula is C20H27N5O. The van der Waals surface area contributed by atoms with Gasteiger partial charge < -0.3 is 4.90 Å². The molecule has 0 atom stereocenters. The van der Waals surface area contributed by atoms with Crippen LogP contribution in [0.3, 0.4) is 0 Å². The summed E-state index contributed by atoms with van der Waals surface area (Å²) in [5.41, 5.74) is 1.08. The molecule has 2 heterocycles. The van der Waals surface area contributed by atoms with Crippen LogP contribution in [0.1, 0.15) is 49.9 Å². The summed E-state index contributed by atoms with van der Waals surface area (Å²) in [5, 5.41) is 13.4. The van der Waals surface area contributed by atoms with Gasteiger partial charge in [-0.05, 0) is 51.4 Å². The number of unbranched alkanes of at least 4 members (excludes halogenated alkanes) is 1. The van der Waals surface area contributed by atoms with Crippen molar-refractivity contribution in [3.63, 3.8) is 0 Å². The number of nitriles is 1. The largest absolute Gasteiger partial charge is 0.346 e. The summed E-state index contributed by atoms with van der Waals surface area (Å²) < 4.78 is 3.44. The third-order valence-electron chi connectivity index (χ3n) is 5.16. The molecule has 0 bridgehead atoms. The fourth-order valence-corrected chi connectivity index (χ4v) is 3.71. The molecule has 0 aliphatic carbocycles. The Morgan fingerprint density at radius 3 is 2.62 bits per heavy atom. The van der Waals surface area contributed by atoms with Crippen molar-refractivity contribution in [3.05, 3.63) is 52.2 Å². The average Bonchev–Trinajstić information content (AvgIpc) is 2.99. The molecule has 0 unspecified atom stereocenters. The monoisotopic (exact) mass is 353 g/mol. The number of benzene rings is 1. The molecule has 0 spiro atoms. The first-order chi connectivity index (χ1) is 12.7. The molecular weight excluding hydrogens is 326 g/mol. The number of rotatable bonds is 7. The van der Waals surface area contributed by atoms with E-state index in [-0.39, 0.29) is 5.69 Å². The number of aromatic nitrogens is 3. The standard InChI is InChI=1S/C20H27N5O/c1-2-24-19(18-10-14-23(15-11-18)13-7-6-12-21)22-25(20(24)26)16-17-8-4-3-5-9-17/h3-5,8-9,18H,2,6-7,10-11,13-16H2,1H3. The third kappa shape index (κ3) is 4.23. The minimum Gasteiger partial charge on any atom is -0.303 e. The predicted molar refractivity (Wildman–Crippen MR) is 101 cm³/mol. The van der Waals surface area contributed by atoms with Gasteiger partial charge in [0, 0.05) is 18.9 Å². The van der Waals surface area contributed by atoms with Crippen LogP contribution in [0.5, 0.6) is 0 Å². The molecule has 1 aliphatic rings. The molecule has 3 rings (SSSR count). The molecule has 6 heteroatoms. The van der Waals surface area contributed by atoms with Crippen LogP contribution in [0.4, 0.5) is 0 Å². The van der Waals surface area contributed by atoms with Crippen molar-refractivity contribution >= 4 is 0 Å². The van der Waals surface area contributed by atoms with E-state index in [9.17, 15) is 4.79 Å². The van der Waals surface area contributed by atoms with Crippen LogP contribution in [0.2, 0.25) is 0 Å². The molecule has 6 nitrogen and oxygen atoms in total. The molecule has 2 aromatic rings. The molecule has 1 aliphatic heterocycles. The van der Waals surface area contributed by atoms with Crippen molar-refractivity contribution in [2.75, 3.05) is 19.6 Å². The van der Waals surface area contributed by atoms with Gasteiger partial charge in [-0.1, -0.05) is 30.3 Å². The van der Waals surface area contributed by atoms with Crippen LogP contribution >= 0.6 is 0 Å². The minimum absolute atomic E-state index is 0.0113. The van der Waals surface area contributed by atoms with Gasteiger partial charge in [-0.25, -0.2) is 9.48 Å². The molecule has 26 heavy (non-hydrogen) atoms. The Morgan fingerprint density at radius 1 is 1.23 bits per heavy atom. The van der Waals surface area contributed by atoms with Crippen LogP contribution in [0.25, 0.3) is 0 Å². The zero-order valence-corrected chi connectivity index (χ0v) is 15.5. The zero-order valence-electron chi connectivity index (χ0n) is 15.5. The highest BCUT2D eigenvalue weighted by molar-refractivity contribution is 5.15. The summed E-state index contributed by atoms with van der Waals surface area (Å²) in [4.78, 5) is 15.1. The Balaban J connectivity index is 1.69. The lowest BCUT2D eigenvalue weighted by Gasteiger charge is -2.31. The summed E-state index contributed by atoms with van der Waals surface area (Å²) in [6.07, 6.45) is 3.61. The van der Waals surface area contributed by atoms with Gasteiger partial charge in [-0.3, -0.25) is 4.57 Å². The van der Waals surface area contributed by atoms with Gasteiger partial charge in [0.2, 0.25) is 0 Å². The molecule has 0 saturated carbocycles. The quantitative estimate of drug-likeness (QED) is 0.718. The van der Waals surface area contributed by atoms with Crippen molar-refractivity contribution in [3.8, 4) is 6.07 Å². The Hall–Kier alpha value is -2.39. The van der Waals surface area contributed by atoms with E-state index in [0.717, 1.165) is 50.3 Å². The summed E-state index contributed by atoms with van der Waals surface area (Å²) in [6, 6.07) is 12.2. The van der Waals surface area contributed by atoms with Crippen LogP contribution in [0, 0.1) is 11.3 Å². The van der Waals surface area contributed by atoms with Gasteiger partial charge >= 0.3 is 5.69 Å². The smallest absolute Gasteiger partial charge is 0.303 e. The van der Waals surface area contributed by atoms with Gasteiger partial charge in [0.05, 0.1) is 12.6 Å². The van der Waals surface area contributed by atoms with Crippen molar-refractivity contribution < 1.29 is 0 Å². The van der Waals surface area contributed by atoms with Crippen LogP contribution in [0.15, 0.2) is 35.1 Å². The summed E-state index contributed by atoms with van der Waals surface area (Å²) in [6.45, 7) is 6.21. The molecule has 1 aromatic heterocycles. The first-order valence-corrected chi connectivity index (χ1v) is 9.53. The number of hydrogen-bond acceptors (Lipinski definition) is 4. The van der Waals surface area contributed by atoms with E-state index in [1.165, 1.54) is 0 Å². The van der Waals surface area contributed by atoms with Crippen molar-refractivity contribution in [2.24, 2.45) is 0 Å². The summed E-state index contributed by atoms with van der Waals surface area (Å²) in [5.74, 6) is 1.27. The van der Waals surface area contributed by atoms with Crippen molar-refractivity contribution in [2.45, 2.75) is 51.6 Å². The lowest BCUT2D eigenvalue weighted by molar-refractivity contribution is 0.206. The predicted octanol–water partition coefficient (Wildman–Crippen LogP) is 2.60. The topological polar surface area (TPSA) is 66.8 Å². The van der Waals surface area contributed by atoms with Crippen molar-refractivity contribution in [1.29, 1.82) is 5.26 Å². The van der Waals surface area contributed by atoms with Crippen LogP contribution < -0.4 is 5.69 Å². The second kappa shape index (κ2) is 8.81. The van der Waals surface area contributed by atoms with Gasteiger partial charge in [-0.2, -0.15) is 10.4 Å². The lowest BCUT2D eigenvalue weighted by Crippen LogP contribution is -2.34. The molecule has 1 aromatic carbocycles. The normalized spacial score (nSPS) is 15.8. The summed E-state index contributed by atoms with van der Waals surface area (Å²) in [7, 11) is 0. The molecule has 1 saturated heterocycles. The Bertz CT molecular complexity index is 794. The molecule has 0 amide bonds. The highest BCUT2D eigenvalue weighted by Gasteiger charge is 2.26. The number of likely N-dealkylation sites (tertiary alicyclic amines) is 1. The Morgan fingerprint density at radius 2 is 1.96 bits per heavy atom. The maximum absolute atomic E-state index is 12.7. The fourth-order valence-electron chi connectivity index (χ4n) is 3.71. The van der Waals surface area contributed by atoms with Gasteiger partial charge in [-0.15, -0.1) is 0 Å². The maximum atomic E-state index is 12.7. The molecule has 1 fully saturated rings. The Kier molecular flexibility index (Phi) is 6.24. The zero-order chi connectivity index (χ0) is 18.4. The lowest BCUT2D eigenvalue weighted by atomic mass is 9.95. The number of hydrogen-bond donors (Lipinski definition) is 0. The Labute approximate surface area is 154 Å². The molecule has 138 valence electrons. The van der Waals surface area contributed by atoms with Crippen LogP contribution in [-0.4, -0.2) is 38.9 Å². The van der Waals surface area contributed by atoms with E-state index in [1.54, 1.807) is 4.68 Å².